The van der Waals surface area contributed by atoms with Gasteiger partial charge < -0.3 is 5.32 Å². The van der Waals surface area contributed by atoms with E-state index in [1.54, 1.807) is 22.8 Å². The van der Waals surface area contributed by atoms with Gasteiger partial charge in [0.2, 0.25) is 0 Å². The monoisotopic (exact) mass is 623 g/mol. The van der Waals surface area contributed by atoms with Gasteiger partial charge in [0.25, 0.3) is 11.5 Å². The first-order valence-corrected chi connectivity index (χ1v) is 17.5. The van der Waals surface area contributed by atoms with Crippen molar-refractivity contribution < 1.29 is 13.0 Å². The molecular weight excluding hydrogens is 580 g/mol. The summed E-state index contributed by atoms with van der Waals surface area (Å²) in [6.45, 7) is 6.39. The highest BCUT2D eigenvalue weighted by molar-refractivity contribution is 7.85. The number of anilines is 1. The van der Waals surface area contributed by atoms with Crippen LogP contribution in [-0.4, -0.2) is 53.8 Å². The molecule has 2 aromatic heterocycles. The third-order valence-corrected chi connectivity index (χ3v) is 11.2. The second kappa shape index (κ2) is 12.8. The molecule has 236 valence electrons. The lowest BCUT2D eigenvalue weighted by atomic mass is 9.77. The molecule has 10 heteroatoms. The average molecular weight is 624 g/mol. The van der Waals surface area contributed by atoms with Gasteiger partial charge in [0.05, 0.1) is 5.39 Å². The zero-order chi connectivity index (χ0) is 30.9. The molecule has 2 unspecified atom stereocenters. The van der Waals surface area contributed by atoms with Crippen LogP contribution >= 0.6 is 0 Å². The van der Waals surface area contributed by atoms with E-state index < -0.39 is 22.6 Å². The largest absolute Gasteiger partial charge is 0.365 e. The number of hydrogen-bond donors (Lipinski definition) is 1. The molecule has 0 saturated carbocycles. The van der Waals surface area contributed by atoms with Crippen LogP contribution in [0.2, 0.25) is 0 Å². The van der Waals surface area contributed by atoms with Crippen molar-refractivity contribution in [2.45, 2.75) is 89.3 Å². The van der Waals surface area contributed by atoms with Gasteiger partial charge in [-0.2, -0.15) is 0 Å². The lowest BCUT2D eigenvalue weighted by Gasteiger charge is -2.47. The minimum absolute atomic E-state index is 0.0329. The number of halogens is 2. The van der Waals surface area contributed by atoms with Gasteiger partial charge in [0, 0.05) is 64.5 Å². The maximum atomic E-state index is 16.0. The van der Waals surface area contributed by atoms with Crippen LogP contribution in [0.4, 0.5) is 14.6 Å². The SMILES string of the molecule is CC1(C)CC2CCN1C/C=C/CCCCn1c(=O)c(C3CCS(=O)CC3)cc3c(ncnc31)NCc1cccc(c1)C2(F)F. The Hall–Kier alpha value is -2.98. The first-order chi connectivity index (χ1) is 21.1. The van der Waals surface area contributed by atoms with Crippen LogP contribution < -0.4 is 10.9 Å². The maximum absolute atomic E-state index is 16.0. The van der Waals surface area contributed by atoms with Gasteiger partial charge in [0.15, 0.2) is 0 Å². The molecule has 0 radical (unpaired) electrons. The van der Waals surface area contributed by atoms with E-state index in [4.69, 9.17) is 0 Å². The van der Waals surface area contributed by atoms with Crippen molar-refractivity contribution in [1.29, 1.82) is 0 Å². The number of allylic oxidation sites excluding steroid dienone is 1. The third-order valence-electron chi connectivity index (χ3n) is 9.87. The molecule has 7 rings (SSSR count). The summed E-state index contributed by atoms with van der Waals surface area (Å²) in [6.07, 6.45) is 10.7. The van der Waals surface area contributed by atoms with Crippen LogP contribution in [0.1, 0.15) is 81.4 Å². The number of hydrogen-bond acceptors (Lipinski definition) is 6. The normalized spacial score (nSPS) is 28.2. The molecule has 6 heterocycles. The molecular formula is C34H43F2N5O2S. The number of aromatic nitrogens is 3. The van der Waals surface area contributed by atoms with Crippen molar-refractivity contribution >= 4 is 27.7 Å². The standard InChI is InChI=1S/C34H43F2N5O2S/c1-33(2)21-27-11-16-40(33)14-6-4-3-5-7-15-41-31-29(20-28(32(41)42)25-12-17-44(43)18-13-25)30(38-23-39-31)37-22-24-9-8-10-26(19-24)34(27,35)36/h4,6,8-10,19-20,23,25,27H,3,5,7,11-18,21-22H2,1-2H3,(H,37,38,39)/b6-4+. The number of nitrogens with one attached hydrogen (secondary N) is 1. The fourth-order valence-electron chi connectivity index (χ4n) is 7.21. The Morgan fingerprint density at radius 1 is 1.02 bits per heavy atom. The number of benzene rings is 1. The lowest BCUT2D eigenvalue weighted by molar-refractivity contribution is -0.107. The topological polar surface area (TPSA) is 80.1 Å². The molecule has 7 nitrogen and oxygen atoms in total. The Kier molecular flexibility index (Phi) is 9.02. The molecule has 0 spiro atoms. The molecule has 4 aliphatic rings. The van der Waals surface area contributed by atoms with Crippen molar-refractivity contribution in [2.24, 2.45) is 5.92 Å². The third kappa shape index (κ3) is 6.38. The Morgan fingerprint density at radius 2 is 1.84 bits per heavy atom. The predicted molar refractivity (Wildman–Crippen MR) is 173 cm³/mol. The van der Waals surface area contributed by atoms with Crippen molar-refractivity contribution in [2.75, 3.05) is 29.9 Å². The Morgan fingerprint density at radius 3 is 2.64 bits per heavy atom. The molecule has 44 heavy (non-hydrogen) atoms. The van der Waals surface area contributed by atoms with Gasteiger partial charge in [-0.3, -0.25) is 18.5 Å². The summed E-state index contributed by atoms with van der Waals surface area (Å²) in [5, 5.41) is 4.12. The van der Waals surface area contributed by atoms with E-state index in [2.05, 4.69) is 46.2 Å². The van der Waals surface area contributed by atoms with E-state index in [0.717, 1.165) is 42.3 Å². The molecule has 1 N–H and O–H groups in total. The van der Waals surface area contributed by atoms with Crippen LogP contribution in [0.25, 0.3) is 11.0 Å². The minimum atomic E-state index is -2.94. The van der Waals surface area contributed by atoms with E-state index in [-0.39, 0.29) is 22.6 Å². The second-order valence-electron chi connectivity index (χ2n) is 13.2. The molecule has 8 bridgehead atoms. The predicted octanol–water partition coefficient (Wildman–Crippen LogP) is 6.35. The highest BCUT2D eigenvalue weighted by atomic mass is 32.2. The van der Waals surface area contributed by atoms with Crippen molar-refractivity contribution in [3.05, 3.63) is 75.9 Å². The molecule has 3 aromatic rings. The van der Waals surface area contributed by atoms with Gasteiger partial charge in [-0.25, -0.2) is 18.7 Å². The molecule has 1 aromatic carbocycles. The molecule has 4 aliphatic heterocycles. The number of piperidine rings is 1. The first-order valence-electron chi connectivity index (χ1n) is 16.0. The van der Waals surface area contributed by atoms with E-state index >= 15 is 8.78 Å². The quantitative estimate of drug-likeness (QED) is 0.318. The van der Waals surface area contributed by atoms with Gasteiger partial charge in [0.1, 0.15) is 17.8 Å². The number of aryl methyl sites for hydroxylation is 1. The van der Waals surface area contributed by atoms with Gasteiger partial charge in [-0.1, -0.05) is 30.4 Å². The van der Waals surface area contributed by atoms with Gasteiger partial charge >= 0.3 is 0 Å². The summed E-state index contributed by atoms with van der Waals surface area (Å²) in [5.74, 6) is -1.86. The van der Waals surface area contributed by atoms with Crippen LogP contribution in [0.15, 0.2) is 53.6 Å². The highest BCUT2D eigenvalue weighted by Crippen LogP contribution is 2.46. The fraction of sp³-hybridized carbons (Fsp3) is 0.559. The van der Waals surface area contributed by atoms with Crippen LogP contribution in [-0.2, 0) is 29.8 Å². The van der Waals surface area contributed by atoms with E-state index in [9.17, 15) is 9.00 Å². The zero-order valence-electron chi connectivity index (χ0n) is 25.7. The summed E-state index contributed by atoms with van der Waals surface area (Å²) < 4.78 is 45.9. The summed E-state index contributed by atoms with van der Waals surface area (Å²) in [5.41, 5.74) is 1.72. The number of fused-ring (bicyclic) bond motifs is 8. The highest BCUT2D eigenvalue weighted by Gasteiger charge is 2.47. The number of nitrogens with zero attached hydrogens (tertiary/aromatic N) is 4. The second-order valence-corrected chi connectivity index (χ2v) is 14.9. The molecule has 2 fully saturated rings. The summed E-state index contributed by atoms with van der Waals surface area (Å²) in [7, 11) is -0.832. The van der Waals surface area contributed by atoms with Crippen molar-refractivity contribution in [3.63, 3.8) is 0 Å². The molecule has 2 atom stereocenters. The van der Waals surface area contributed by atoms with Gasteiger partial charge in [-0.15, -0.1) is 0 Å². The van der Waals surface area contributed by atoms with Gasteiger partial charge in [-0.05, 0) is 89.0 Å². The van der Waals surface area contributed by atoms with Crippen molar-refractivity contribution in [1.82, 2.24) is 19.4 Å². The number of alkyl halides is 2. The maximum Gasteiger partial charge on any atom is 0.276 e. The van der Waals surface area contributed by atoms with E-state index in [1.165, 1.54) is 6.33 Å². The summed E-state index contributed by atoms with van der Waals surface area (Å²) >= 11 is 0. The first kappa shape index (κ1) is 31.0. The number of rotatable bonds is 1. The Bertz CT molecular complexity index is 1610. The smallest absolute Gasteiger partial charge is 0.276 e. The average Bonchev–Trinajstić information content (AvgIpc) is 3.00. The fourth-order valence-corrected chi connectivity index (χ4v) is 8.51. The Balaban J connectivity index is 1.38. The van der Waals surface area contributed by atoms with Crippen molar-refractivity contribution in [3.8, 4) is 0 Å². The van der Waals surface area contributed by atoms with Crippen LogP contribution in [0.3, 0.4) is 0 Å². The van der Waals surface area contributed by atoms with E-state index in [0.29, 0.717) is 68.3 Å². The number of pyridine rings is 1. The summed E-state index contributed by atoms with van der Waals surface area (Å²) in [6, 6.07) is 8.63. The van der Waals surface area contributed by atoms with E-state index in [1.807, 2.05) is 12.1 Å². The lowest BCUT2D eigenvalue weighted by Crippen LogP contribution is -2.52. The van der Waals surface area contributed by atoms with Crippen LogP contribution in [0.5, 0.6) is 0 Å². The molecule has 0 amide bonds. The Labute approximate surface area is 260 Å². The molecule has 2 saturated heterocycles. The molecule has 0 aliphatic carbocycles. The summed E-state index contributed by atoms with van der Waals surface area (Å²) in [4.78, 5) is 25.3. The van der Waals surface area contributed by atoms with Crippen LogP contribution in [0, 0.1) is 5.92 Å². The zero-order valence-corrected chi connectivity index (χ0v) is 26.6. The minimum Gasteiger partial charge on any atom is -0.365 e.